The second kappa shape index (κ2) is 9.19. The number of nitrogens with one attached hydrogen (secondary N) is 1. The van der Waals surface area contributed by atoms with Crippen LogP contribution in [0.1, 0.15) is 24.6 Å². The number of rotatable bonds is 6. The van der Waals surface area contributed by atoms with Crippen LogP contribution in [0.4, 0.5) is 17.3 Å². The van der Waals surface area contributed by atoms with Gasteiger partial charge in [0.1, 0.15) is 5.75 Å². The number of aliphatic hydroxyl groups excluding tert-OH is 1. The molecule has 1 aliphatic heterocycles. The lowest BCUT2D eigenvalue weighted by Gasteiger charge is -2.34. The molecular formula is C26H32N6O2. The molecule has 1 atom stereocenters. The molecule has 3 aromatic rings. The topological polar surface area (TPSA) is 86.6 Å². The molecular weight excluding hydrogens is 428 g/mol. The summed E-state index contributed by atoms with van der Waals surface area (Å²) >= 11 is 0. The van der Waals surface area contributed by atoms with Crippen LogP contribution in [-0.2, 0) is 11.8 Å². The number of hydrogen-bond acceptors (Lipinski definition) is 8. The van der Waals surface area contributed by atoms with Gasteiger partial charge < -0.3 is 25.0 Å². The Morgan fingerprint density at radius 1 is 1.12 bits per heavy atom. The van der Waals surface area contributed by atoms with Crippen LogP contribution >= 0.6 is 0 Å². The van der Waals surface area contributed by atoms with Gasteiger partial charge in [0.25, 0.3) is 0 Å². The van der Waals surface area contributed by atoms with Gasteiger partial charge in [-0.15, -0.1) is 0 Å². The maximum absolute atomic E-state index is 9.94. The molecule has 2 aromatic heterocycles. The Labute approximate surface area is 200 Å². The molecule has 0 bridgehead atoms. The predicted molar refractivity (Wildman–Crippen MR) is 134 cm³/mol. The zero-order valence-electron chi connectivity index (χ0n) is 20.1. The molecule has 8 heteroatoms. The van der Waals surface area contributed by atoms with Crippen LogP contribution in [0.25, 0.3) is 11.3 Å². The van der Waals surface area contributed by atoms with Crippen molar-refractivity contribution in [2.75, 3.05) is 57.2 Å². The summed E-state index contributed by atoms with van der Waals surface area (Å²) in [7, 11) is 3.82. The third-order valence-electron chi connectivity index (χ3n) is 7.13. The van der Waals surface area contributed by atoms with Gasteiger partial charge in [-0.3, -0.25) is 4.98 Å². The van der Waals surface area contributed by atoms with Crippen molar-refractivity contribution in [3.05, 3.63) is 54.0 Å². The molecule has 3 heterocycles. The van der Waals surface area contributed by atoms with Crippen LogP contribution in [0.15, 0.2) is 42.7 Å². The Hall–Kier alpha value is -3.23. The maximum atomic E-state index is 9.94. The quantitative estimate of drug-likeness (QED) is 0.580. The van der Waals surface area contributed by atoms with Crippen molar-refractivity contribution in [1.29, 1.82) is 0 Å². The van der Waals surface area contributed by atoms with Gasteiger partial charge in [-0.25, -0.2) is 9.97 Å². The van der Waals surface area contributed by atoms with E-state index in [1.165, 1.54) is 0 Å². The molecule has 34 heavy (non-hydrogen) atoms. The number of aryl methyl sites for hydroxylation is 1. The number of piperazine rings is 1. The number of anilines is 3. The van der Waals surface area contributed by atoms with E-state index >= 15 is 0 Å². The van der Waals surface area contributed by atoms with E-state index in [1.807, 2.05) is 18.3 Å². The summed E-state index contributed by atoms with van der Waals surface area (Å²) in [5.74, 6) is 1.24. The molecule has 2 N–H and O–H groups in total. The highest BCUT2D eigenvalue weighted by molar-refractivity contribution is 5.70. The van der Waals surface area contributed by atoms with Crippen LogP contribution in [0, 0.1) is 0 Å². The van der Waals surface area contributed by atoms with Crippen LogP contribution in [0.3, 0.4) is 0 Å². The SMILES string of the molecule is COc1ccc(N2CCN(C)CC2)cc1Nc1nccc(-c2cnc3c(c2)C(C)(CO)CC3)n1. The van der Waals surface area contributed by atoms with Gasteiger partial charge in [0.05, 0.1) is 25.1 Å². The Kier molecular flexibility index (Phi) is 6.10. The lowest BCUT2D eigenvalue weighted by molar-refractivity contribution is 0.206. The van der Waals surface area contributed by atoms with Gasteiger partial charge in [0, 0.05) is 60.9 Å². The molecule has 1 aromatic carbocycles. The number of likely N-dealkylation sites (N-methyl/N-ethyl adjacent to an activating group) is 1. The van der Waals surface area contributed by atoms with E-state index in [9.17, 15) is 5.11 Å². The molecule has 0 saturated carbocycles. The van der Waals surface area contributed by atoms with Gasteiger partial charge in [0.15, 0.2) is 0 Å². The molecule has 0 amide bonds. The number of hydrogen-bond donors (Lipinski definition) is 2. The Morgan fingerprint density at radius 2 is 1.94 bits per heavy atom. The highest BCUT2D eigenvalue weighted by Gasteiger charge is 2.35. The number of aromatic nitrogens is 3. The molecule has 2 aliphatic rings. The number of nitrogens with zero attached hydrogens (tertiary/aromatic N) is 5. The lowest BCUT2D eigenvalue weighted by Crippen LogP contribution is -2.44. The molecule has 5 rings (SSSR count). The molecule has 0 spiro atoms. The number of fused-ring (bicyclic) bond motifs is 1. The zero-order chi connectivity index (χ0) is 23.7. The Morgan fingerprint density at radius 3 is 2.71 bits per heavy atom. The third-order valence-corrected chi connectivity index (χ3v) is 7.13. The molecule has 178 valence electrons. The number of aliphatic hydroxyl groups is 1. The molecule has 0 radical (unpaired) electrons. The first-order valence-corrected chi connectivity index (χ1v) is 11.8. The summed E-state index contributed by atoms with van der Waals surface area (Å²) in [5.41, 5.74) is 5.62. The first-order valence-electron chi connectivity index (χ1n) is 11.8. The standard InChI is InChI=1S/C26H32N6O2/c1-26(17-33)8-6-22-20(26)14-18(16-28-22)21-7-9-27-25(29-21)30-23-15-19(4-5-24(23)34-3)32-12-10-31(2)11-13-32/h4-5,7,9,14-16,33H,6,8,10-13,17H2,1-3H3,(H,27,29,30). The number of methoxy groups -OCH3 is 1. The minimum atomic E-state index is -0.247. The van der Waals surface area contributed by atoms with Crippen molar-refractivity contribution in [2.24, 2.45) is 0 Å². The minimum absolute atomic E-state index is 0.116. The Balaban J connectivity index is 1.42. The normalized spacial score (nSPS) is 20.3. The van der Waals surface area contributed by atoms with Gasteiger partial charge in [-0.1, -0.05) is 6.92 Å². The maximum Gasteiger partial charge on any atom is 0.227 e. The predicted octanol–water partition coefficient (Wildman–Crippen LogP) is 3.24. The average molecular weight is 461 g/mol. The van der Waals surface area contributed by atoms with Gasteiger partial charge in [0.2, 0.25) is 5.95 Å². The van der Waals surface area contributed by atoms with Gasteiger partial charge >= 0.3 is 0 Å². The van der Waals surface area contributed by atoms with E-state index in [0.29, 0.717) is 5.95 Å². The lowest BCUT2D eigenvalue weighted by atomic mass is 9.85. The summed E-state index contributed by atoms with van der Waals surface area (Å²) in [4.78, 5) is 18.6. The minimum Gasteiger partial charge on any atom is -0.495 e. The second-order valence-electron chi connectivity index (χ2n) is 9.50. The summed E-state index contributed by atoms with van der Waals surface area (Å²) in [6.45, 7) is 6.29. The van der Waals surface area contributed by atoms with Gasteiger partial charge in [-0.05, 0) is 55.8 Å². The molecule has 8 nitrogen and oxygen atoms in total. The number of pyridine rings is 1. The summed E-state index contributed by atoms with van der Waals surface area (Å²) in [6, 6.07) is 10.2. The molecule has 1 saturated heterocycles. The smallest absolute Gasteiger partial charge is 0.227 e. The van der Waals surface area contributed by atoms with Crippen molar-refractivity contribution in [3.63, 3.8) is 0 Å². The fraction of sp³-hybridized carbons (Fsp3) is 0.423. The van der Waals surface area contributed by atoms with Crippen molar-refractivity contribution in [2.45, 2.75) is 25.2 Å². The first kappa shape index (κ1) is 22.6. The summed E-state index contributed by atoms with van der Waals surface area (Å²) < 4.78 is 5.60. The number of benzene rings is 1. The number of ether oxygens (including phenoxy) is 1. The van der Waals surface area contributed by atoms with Crippen molar-refractivity contribution in [3.8, 4) is 17.0 Å². The van der Waals surface area contributed by atoms with Crippen molar-refractivity contribution >= 4 is 17.3 Å². The summed E-state index contributed by atoms with van der Waals surface area (Å²) in [5, 5.41) is 13.3. The van der Waals surface area contributed by atoms with Crippen molar-refractivity contribution < 1.29 is 9.84 Å². The molecule has 1 unspecified atom stereocenters. The average Bonchev–Trinajstić information content (AvgIpc) is 3.21. The van der Waals surface area contributed by atoms with Crippen molar-refractivity contribution in [1.82, 2.24) is 19.9 Å². The highest BCUT2D eigenvalue weighted by atomic mass is 16.5. The molecule has 1 fully saturated rings. The zero-order valence-corrected chi connectivity index (χ0v) is 20.1. The van der Waals surface area contributed by atoms with E-state index in [1.54, 1.807) is 13.3 Å². The van der Waals surface area contributed by atoms with E-state index in [0.717, 1.165) is 78.7 Å². The second-order valence-corrected chi connectivity index (χ2v) is 9.50. The first-order chi connectivity index (χ1) is 16.5. The molecule has 1 aliphatic carbocycles. The fourth-order valence-corrected chi connectivity index (χ4v) is 4.80. The fourth-order valence-electron chi connectivity index (χ4n) is 4.80. The van der Waals surface area contributed by atoms with E-state index in [2.05, 4.69) is 57.3 Å². The monoisotopic (exact) mass is 460 g/mol. The summed E-state index contributed by atoms with van der Waals surface area (Å²) in [6.07, 6.45) is 5.42. The van der Waals surface area contributed by atoms with Crippen LogP contribution in [0.2, 0.25) is 0 Å². The third kappa shape index (κ3) is 4.31. The largest absolute Gasteiger partial charge is 0.495 e. The van der Waals surface area contributed by atoms with Crippen LogP contribution in [-0.4, -0.2) is 71.9 Å². The van der Waals surface area contributed by atoms with E-state index < -0.39 is 0 Å². The van der Waals surface area contributed by atoms with E-state index in [4.69, 9.17) is 9.72 Å². The van der Waals surface area contributed by atoms with Gasteiger partial charge in [-0.2, -0.15) is 0 Å². The van der Waals surface area contributed by atoms with E-state index in [-0.39, 0.29) is 12.0 Å². The highest BCUT2D eigenvalue weighted by Crippen LogP contribution is 2.39. The Bertz CT molecular complexity index is 1180. The van der Waals surface area contributed by atoms with Crippen LogP contribution in [0.5, 0.6) is 5.75 Å². The van der Waals surface area contributed by atoms with Crippen LogP contribution < -0.4 is 15.0 Å².